The number of aryl methyl sites for hydroxylation is 1. The summed E-state index contributed by atoms with van der Waals surface area (Å²) in [5, 5.41) is 13.2. The van der Waals surface area contributed by atoms with Gasteiger partial charge in [-0.3, -0.25) is 4.79 Å². The topological polar surface area (TPSA) is 62.2 Å². The molecule has 1 aliphatic heterocycles. The highest BCUT2D eigenvalue weighted by Crippen LogP contribution is 2.33. The van der Waals surface area contributed by atoms with Crippen molar-refractivity contribution in [3.63, 3.8) is 0 Å². The summed E-state index contributed by atoms with van der Waals surface area (Å²) in [6.45, 7) is 4.52. The van der Waals surface area contributed by atoms with Gasteiger partial charge in [0.05, 0.1) is 10.6 Å². The fourth-order valence-electron chi connectivity index (χ4n) is 3.40. The van der Waals surface area contributed by atoms with Crippen LogP contribution < -0.4 is 4.90 Å². The quantitative estimate of drug-likeness (QED) is 0.428. The molecule has 4 heterocycles. The van der Waals surface area contributed by atoms with Crippen LogP contribution in [0.25, 0.3) is 20.5 Å². The van der Waals surface area contributed by atoms with E-state index in [4.69, 9.17) is 0 Å². The first-order chi connectivity index (χ1) is 15.1. The highest BCUT2D eigenvalue weighted by Gasteiger charge is 2.27. The lowest BCUT2D eigenvalue weighted by Crippen LogP contribution is -2.48. The van der Waals surface area contributed by atoms with Gasteiger partial charge in [-0.05, 0) is 42.6 Å². The van der Waals surface area contributed by atoms with Crippen LogP contribution in [0.4, 0.5) is 9.52 Å². The number of anilines is 1. The van der Waals surface area contributed by atoms with Gasteiger partial charge in [0.25, 0.3) is 5.91 Å². The number of benzene rings is 1. The van der Waals surface area contributed by atoms with Crippen molar-refractivity contribution in [2.45, 2.75) is 6.92 Å². The monoisotopic (exact) mass is 471 g/mol. The summed E-state index contributed by atoms with van der Waals surface area (Å²) in [6.07, 6.45) is 0. The Hall–Kier alpha value is -2.69. The molecule has 1 aromatic carbocycles. The predicted molar refractivity (Wildman–Crippen MR) is 124 cm³/mol. The van der Waals surface area contributed by atoms with Gasteiger partial charge in [0.1, 0.15) is 15.7 Å². The van der Waals surface area contributed by atoms with E-state index in [1.807, 2.05) is 29.3 Å². The number of thiophene rings is 1. The minimum Gasteiger partial charge on any atom is -0.343 e. The molecule has 0 spiro atoms. The molecular formula is C21H18FN5OS3. The van der Waals surface area contributed by atoms with Crippen LogP contribution in [0.15, 0.2) is 41.8 Å². The van der Waals surface area contributed by atoms with Crippen molar-refractivity contribution < 1.29 is 9.18 Å². The number of halogens is 1. The second-order valence-electron chi connectivity index (χ2n) is 7.09. The van der Waals surface area contributed by atoms with Gasteiger partial charge in [-0.2, -0.15) is 0 Å². The Balaban J connectivity index is 1.26. The van der Waals surface area contributed by atoms with E-state index in [0.717, 1.165) is 25.6 Å². The minimum atomic E-state index is -0.288. The van der Waals surface area contributed by atoms with Gasteiger partial charge in [0, 0.05) is 31.7 Å². The average Bonchev–Trinajstić information content (AvgIpc) is 3.54. The fourth-order valence-corrected chi connectivity index (χ4v) is 6.13. The van der Waals surface area contributed by atoms with Gasteiger partial charge in [0.15, 0.2) is 5.01 Å². The number of thiazole rings is 1. The summed E-state index contributed by atoms with van der Waals surface area (Å²) in [5.41, 5.74) is 1.53. The molecule has 0 aliphatic carbocycles. The zero-order chi connectivity index (χ0) is 21.4. The Bertz CT molecular complexity index is 1190. The first kappa shape index (κ1) is 20.2. The van der Waals surface area contributed by atoms with E-state index in [9.17, 15) is 9.18 Å². The number of carbonyl (C=O) groups excluding carboxylic acids is 1. The summed E-state index contributed by atoms with van der Waals surface area (Å²) in [5.74, 6) is -0.288. The van der Waals surface area contributed by atoms with Crippen molar-refractivity contribution >= 4 is 45.0 Å². The van der Waals surface area contributed by atoms with E-state index in [-0.39, 0.29) is 11.7 Å². The smallest absolute Gasteiger partial charge is 0.265 e. The van der Waals surface area contributed by atoms with Crippen molar-refractivity contribution in [2.75, 3.05) is 31.1 Å². The molecule has 0 unspecified atom stereocenters. The molecule has 6 nitrogen and oxygen atoms in total. The van der Waals surface area contributed by atoms with E-state index in [1.165, 1.54) is 23.5 Å². The van der Waals surface area contributed by atoms with Crippen LogP contribution in [0.5, 0.6) is 0 Å². The lowest BCUT2D eigenvalue weighted by Gasteiger charge is -2.34. The molecular weight excluding hydrogens is 453 g/mol. The van der Waals surface area contributed by atoms with E-state index in [2.05, 4.69) is 20.1 Å². The Morgan fingerprint density at radius 1 is 1.00 bits per heavy atom. The number of hydrogen-bond acceptors (Lipinski definition) is 8. The fraction of sp³-hybridized carbons (Fsp3) is 0.238. The molecule has 0 saturated carbocycles. The van der Waals surface area contributed by atoms with Crippen LogP contribution in [-0.4, -0.2) is 52.2 Å². The molecule has 1 amide bonds. The largest absolute Gasteiger partial charge is 0.343 e. The Morgan fingerprint density at radius 2 is 1.77 bits per heavy atom. The van der Waals surface area contributed by atoms with Crippen molar-refractivity contribution in [3.8, 4) is 20.5 Å². The lowest BCUT2D eigenvalue weighted by atomic mass is 10.2. The first-order valence-corrected chi connectivity index (χ1v) is 12.2. The van der Waals surface area contributed by atoms with E-state index in [1.54, 1.807) is 34.8 Å². The molecule has 1 saturated heterocycles. The molecule has 10 heteroatoms. The van der Waals surface area contributed by atoms with E-state index < -0.39 is 0 Å². The Labute approximate surface area is 190 Å². The maximum atomic E-state index is 13.2. The summed E-state index contributed by atoms with van der Waals surface area (Å²) >= 11 is 4.60. The Morgan fingerprint density at radius 3 is 2.48 bits per heavy atom. The second kappa shape index (κ2) is 8.45. The number of piperazine rings is 1. The number of hydrogen-bond donors (Lipinski definition) is 0. The zero-order valence-electron chi connectivity index (χ0n) is 16.6. The van der Waals surface area contributed by atoms with Crippen LogP contribution in [0.1, 0.15) is 15.4 Å². The van der Waals surface area contributed by atoms with Gasteiger partial charge in [-0.1, -0.05) is 17.4 Å². The van der Waals surface area contributed by atoms with Crippen molar-refractivity contribution in [1.29, 1.82) is 0 Å². The first-order valence-electron chi connectivity index (χ1n) is 9.73. The third-order valence-electron chi connectivity index (χ3n) is 5.07. The van der Waals surface area contributed by atoms with Crippen LogP contribution in [-0.2, 0) is 0 Å². The summed E-state index contributed by atoms with van der Waals surface area (Å²) < 4.78 is 13.2. The van der Waals surface area contributed by atoms with Gasteiger partial charge in [0.2, 0.25) is 5.13 Å². The van der Waals surface area contributed by atoms with Crippen molar-refractivity contribution in [1.82, 2.24) is 20.1 Å². The molecule has 0 radical (unpaired) electrons. The van der Waals surface area contributed by atoms with Crippen LogP contribution in [0.3, 0.4) is 0 Å². The molecule has 158 valence electrons. The number of carbonyl (C=O) groups is 1. The van der Waals surface area contributed by atoms with Crippen LogP contribution >= 0.6 is 34.0 Å². The van der Waals surface area contributed by atoms with Crippen molar-refractivity contribution in [2.24, 2.45) is 0 Å². The predicted octanol–water partition coefficient (Wildman–Crippen LogP) is 4.80. The SMILES string of the molecule is Cc1nc(-c2ccc(F)cc2)sc1C(=O)N1CCN(c2nnc(-c3cccs3)s2)CC1. The zero-order valence-corrected chi connectivity index (χ0v) is 19.1. The molecule has 5 rings (SSSR count). The molecule has 0 N–H and O–H groups in total. The van der Waals surface area contributed by atoms with Gasteiger partial charge in [-0.25, -0.2) is 9.37 Å². The number of nitrogens with zero attached hydrogens (tertiary/aromatic N) is 5. The van der Waals surface area contributed by atoms with Crippen LogP contribution in [0, 0.1) is 12.7 Å². The molecule has 1 aliphatic rings. The highest BCUT2D eigenvalue weighted by atomic mass is 32.1. The highest BCUT2D eigenvalue weighted by molar-refractivity contribution is 7.23. The lowest BCUT2D eigenvalue weighted by molar-refractivity contribution is 0.0750. The minimum absolute atomic E-state index is 0.000417. The number of aromatic nitrogens is 3. The third-order valence-corrected chi connectivity index (χ3v) is 8.28. The third kappa shape index (κ3) is 4.10. The average molecular weight is 472 g/mol. The summed E-state index contributed by atoms with van der Waals surface area (Å²) in [4.78, 5) is 23.5. The number of rotatable bonds is 4. The molecule has 4 aromatic rings. The second-order valence-corrected chi connectivity index (χ2v) is 9.99. The molecule has 0 atom stereocenters. The standard InChI is InChI=1S/C21H18FN5OS3/c1-13-17(30-18(23-13)14-4-6-15(22)7-5-14)20(28)26-8-10-27(11-9-26)21-25-24-19(31-21)16-3-2-12-29-16/h2-7,12H,8-11H2,1H3. The summed E-state index contributed by atoms with van der Waals surface area (Å²) in [7, 11) is 0. The van der Waals surface area contributed by atoms with Gasteiger partial charge in [-0.15, -0.1) is 32.9 Å². The van der Waals surface area contributed by atoms with E-state index in [0.29, 0.717) is 36.8 Å². The van der Waals surface area contributed by atoms with Crippen LogP contribution in [0.2, 0.25) is 0 Å². The maximum Gasteiger partial charge on any atom is 0.265 e. The van der Waals surface area contributed by atoms with E-state index >= 15 is 0 Å². The van der Waals surface area contributed by atoms with Gasteiger partial charge < -0.3 is 9.80 Å². The maximum absolute atomic E-state index is 13.2. The normalized spacial score (nSPS) is 14.3. The molecule has 3 aromatic heterocycles. The molecule has 0 bridgehead atoms. The Kier molecular flexibility index (Phi) is 5.51. The summed E-state index contributed by atoms with van der Waals surface area (Å²) in [6, 6.07) is 10.2. The number of amides is 1. The van der Waals surface area contributed by atoms with Crippen molar-refractivity contribution in [3.05, 3.63) is 58.2 Å². The molecule has 1 fully saturated rings. The molecule has 31 heavy (non-hydrogen) atoms. The van der Waals surface area contributed by atoms with Gasteiger partial charge >= 0.3 is 0 Å².